The minimum absolute atomic E-state index is 0.00678. The van der Waals surface area contributed by atoms with E-state index in [2.05, 4.69) is 25.2 Å². The SMILES string of the molecule is COc1cc(S(=O)(=O)N2CCC(N3C[C@@H]4OCC43)CC2)ccc1Nc1nc(C2CC2)c2c(C(F)(F)F)c[nH]c2n1. The van der Waals surface area contributed by atoms with Crippen molar-refractivity contribution >= 4 is 32.7 Å². The zero-order chi connectivity index (χ0) is 27.8. The van der Waals surface area contributed by atoms with Crippen LogP contribution in [0.4, 0.5) is 24.8 Å². The molecular weight excluding hydrogens is 549 g/mol. The number of H-pyrrole nitrogens is 1. The molecule has 4 fully saturated rings. The quantitative estimate of drug-likeness (QED) is 0.435. The molecule has 1 saturated carbocycles. The van der Waals surface area contributed by atoms with Crippen molar-refractivity contribution in [1.82, 2.24) is 24.2 Å². The average molecular weight is 579 g/mol. The highest BCUT2D eigenvalue weighted by molar-refractivity contribution is 7.89. The van der Waals surface area contributed by atoms with Gasteiger partial charge in [0.05, 0.1) is 53.1 Å². The number of sulfonamides is 1. The lowest BCUT2D eigenvalue weighted by molar-refractivity contribution is -0.229. The van der Waals surface area contributed by atoms with Crippen molar-refractivity contribution in [2.75, 3.05) is 38.7 Å². The number of alkyl halides is 3. The summed E-state index contributed by atoms with van der Waals surface area (Å²) in [5.74, 6) is 0.295. The summed E-state index contributed by atoms with van der Waals surface area (Å²) in [6.07, 6.45) is -0.185. The van der Waals surface area contributed by atoms with Crippen LogP contribution in [0.25, 0.3) is 11.0 Å². The zero-order valence-corrected chi connectivity index (χ0v) is 22.6. The average Bonchev–Trinajstić information content (AvgIpc) is 3.67. The van der Waals surface area contributed by atoms with Crippen LogP contribution < -0.4 is 10.1 Å². The first-order valence-corrected chi connectivity index (χ1v) is 14.9. The first-order chi connectivity index (χ1) is 19.1. The van der Waals surface area contributed by atoms with E-state index in [1.54, 1.807) is 6.07 Å². The molecule has 0 bridgehead atoms. The molecule has 10 nitrogen and oxygen atoms in total. The highest BCUT2D eigenvalue weighted by atomic mass is 32.2. The van der Waals surface area contributed by atoms with Gasteiger partial charge in [0, 0.05) is 43.9 Å². The van der Waals surface area contributed by atoms with E-state index in [0.29, 0.717) is 42.7 Å². The van der Waals surface area contributed by atoms with Crippen LogP contribution in [0.5, 0.6) is 5.75 Å². The number of fused-ring (bicyclic) bond motifs is 2. The van der Waals surface area contributed by atoms with Crippen LogP contribution in [0, 0.1) is 0 Å². The van der Waals surface area contributed by atoms with Crippen LogP contribution in [0.3, 0.4) is 0 Å². The summed E-state index contributed by atoms with van der Waals surface area (Å²) in [6, 6.07) is 5.38. The number of nitrogens with one attached hydrogen (secondary N) is 2. The summed E-state index contributed by atoms with van der Waals surface area (Å²) in [5, 5.41) is 3.01. The predicted molar refractivity (Wildman–Crippen MR) is 139 cm³/mol. The minimum Gasteiger partial charge on any atom is -0.495 e. The van der Waals surface area contributed by atoms with Crippen LogP contribution >= 0.6 is 0 Å². The minimum atomic E-state index is -4.52. The molecule has 40 heavy (non-hydrogen) atoms. The molecule has 0 amide bonds. The van der Waals surface area contributed by atoms with Crippen molar-refractivity contribution in [2.45, 2.75) is 60.9 Å². The first kappa shape index (κ1) is 26.0. The van der Waals surface area contributed by atoms with Crippen molar-refractivity contribution in [3.8, 4) is 5.75 Å². The lowest BCUT2D eigenvalue weighted by Crippen LogP contribution is -2.73. The second-order valence-corrected chi connectivity index (χ2v) is 12.8. The number of likely N-dealkylation sites (tertiary alicyclic amines) is 1. The predicted octanol–water partition coefficient (Wildman–Crippen LogP) is 3.84. The largest absolute Gasteiger partial charge is 0.495 e. The van der Waals surface area contributed by atoms with Crippen molar-refractivity contribution in [3.05, 3.63) is 35.7 Å². The van der Waals surface area contributed by atoms with E-state index < -0.39 is 21.8 Å². The van der Waals surface area contributed by atoms with Gasteiger partial charge in [0.2, 0.25) is 16.0 Å². The molecule has 1 aliphatic carbocycles. The van der Waals surface area contributed by atoms with Gasteiger partial charge in [0.1, 0.15) is 11.4 Å². The Morgan fingerprint density at radius 3 is 2.52 bits per heavy atom. The smallest absolute Gasteiger partial charge is 0.418 e. The molecule has 3 saturated heterocycles. The van der Waals surface area contributed by atoms with Gasteiger partial charge in [-0.1, -0.05) is 0 Å². The number of ether oxygens (including phenoxy) is 2. The molecule has 2 atom stereocenters. The zero-order valence-electron chi connectivity index (χ0n) is 21.7. The van der Waals surface area contributed by atoms with E-state index in [1.165, 1.54) is 23.5 Å². The van der Waals surface area contributed by atoms with Crippen LogP contribution in [0.2, 0.25) is 0 Å². The fraction of sp³-hybridized carbons (Fsp3) is 0.538. The van der Waals surface area contributed by atoms with Gasteiger partial charge in [-0.2, -0.15) is 22.5 Å². The van der Waals surface area contributed by atoms with Crippen molar-refractivity contribution in [1.29, 1.82) is 0 Å². The monoisotopic (exact) mass is 578 g/mol. The van der Waals surface area contributed by atoms with Gasteiger partial charge in [-0.3, -0.25) is 4.90 Å². The Kier molecular flexibility index (Phi) is 6.04. The molecule has 0 spiro atoms. The molecule has 0 radical (unpaired) electrons. The van der Waals surface area contributed by atoms with Gasteiger partial charge in [-0.05, 0) is 37.8 Å². The van der Waals surface area contributed by atoms with Crippen molar-refractivity contribution in [2.24, 2.45) is 0 Å². The maximum absolute atomic E-state index is 13.6. The fourth-order valence-corrected chi connectivity index (χ4v) is 7.52. The molecular formula is C26H29F3N6O4S. The Balaban J connectivity index is 1.11. The van der Waals surface area contributed by atoms with Crippen LogP contribution in [0.1, 0.15) is 42.9 Å². The van der Waals surface area contributed by atoms with Crippen molar-refractivity contribution in [3.63, 3.8) is 0 Å². The molecule has 5 heterocycles. The van der Waals surface area contributed by atoms with E-state index in [1.807, 2.05) is 0 Å². The molecule has 3 aliphatic heterocycles. The van der Waals surface area contributed by atoms with E-state index >= 15 is 0 Å². The van der Waals surface area contributed by atoms with Gasteiger partial charge >= 0.3 is 6.18 Å². The molecule has 14 heteroatoms. The summed E-state index contributed by atoms with van der Waals surface area (Å²) in [5.41, 5.74) is 0.0604. The van der Waals surface area contributed by atoms with Gasteiger partial charge in [-0.15, -0.1) is 0 Å². The van der Waals surface area contributed by atoms with E-state index in [4.69, 9.17) is 9.47 Å². The van der Waals surface area contributed by atoms with Gasteiger partial charge in [0.15, 0.2) is 0 Å². The van der Waals surface area contributed by atoms with Crippen LogP contribution in [-0.2, 0) is 20.9 Å². The number of nitrogens with zero attached hydrogens (tertiary/aromatic N) is 4. The Morgan fingerprint density at radius 1 is 1.15 bits per heavy atom. The number of morpholine rings is 1. The normalized spacial score (nSPS) is 24.4. The number of aromatic amines is 1. The van der Waals surface area contributed by atoms with Crippen LogP contribution in [-0.4, -0.2) is 84.1 Å². The number of hydrogen-bond acceptors (Lipinski definition) is 8. The maximum atomic E-state index is 13.6. The summed E-state index contributed by atoms with van der Waals surface area (Å²) in [7, 11) is -2.32. The van der Waals surface area contributed by atoms with E-state index in [-0.39, 0.29) is 33.5 Å². The number of halogens is 3. The number of anilines is 2. The molecule has 1 aromatic carbocycles. The highest BCUT2D eigenvalue weighted by Gasteiger charge is 2.50. The molecule has 2 N–H and O–H groups in total. The van der Waals surface area contributed by atoms with Gasteiger partial charge < -0.3 is 19.8 Å². The Labute approximate surface area is 228 Å². The first-order valence-electron chi connectivity index (χ1n) is 13.4. The third-order valence-electron chi connectivity index (χ3n) is 8.51. The number of piperidine rings is 1. The lowest BCUT2D eigenvalue weighted by Gasteiger charge is -2.58. The summed E-state index contributed by atoms with van der Waals surface area (Å²) in [4.78, 5) is 13.9. The summed E-state index contributed by atoms with van der Waals surface area (Å²) >= 11 is 0. The number of methoxy groups -OCH3 is 1. The molecule has 214 valence electrons. The molecule has 7 rings (SSSR count). The second-order valence-electron chi connectivity index (χ2n) is 10.9. The number of benzene rings is 1. The highest BCUT2D eigenvalue weighted by Crippen LogP contribution is 2.46. The Hall–Kier alpha value is -2.94. The summed E-state index contributed by atoms with van der Waals surface area (Å²) in [6.45, 7) is 2.58. The molecule has 3 aromatic rings. The standard InChI is InChI=1S/C26H29F3N6O4S/c1-38-20-10-16(40(36,37)34-8-6-15(7-9-34)35-12-21-19(35)13-39-21)4-5-18(20)31-25-32-23(14-2-3-14)22-17(26(27,28)29)11-30-24(22)33-25/h4-5,10-11,14-15,19,21H,2-3,6-9,12-13H2,1H3,(H2,30,31,32,33)/t19?,21-/m0/s1. The molecule has 1 unspecified atom stereocenters. The van der Waals surface area contributed by atoms with Crippen LogP contribution in [0.15, 0.2) is 29.3 Å². The van der Waals surface area contributed by atoms with Crippen molar-refractivity contribution < 1.29 is 31.1 Å². The Morgan fingerprint density at radius 2 is 1.93 bits per heavy atom. The number of aromatic nitrogens is 3. The third-order valence-corrected chi connectivity index (χ3v) is 10.4. The molecule has 2 aromatic heterocycles. The van der Waals surface area contributed by atoms with E-state index in [0.717, 1.165) is 45.0 Å². The lowest BCUT2D eigenvalue weighted by atomic mass is 9.89. The summed E-state index contributed by atoms with van der Waals surface area (Å²) < 4.78 is 80.1. The maximum Gasteiger partial charge on any atom is 0.418 e. The van der Waals surface area contributed by atoms with E-state index in [9.17, 15) is 21.6 Å². The second kappa shape index (κ2) is 9.29. The molecule has 4 aliphatic rings. The fourth-order valence-electron chi connectivity index (χ4n) is 6.04. The number of hydrogen-bond donors (Lipinski definition) is 2. The topological polar surface area (TPSA) is 113 Å². The third kappa shape index (κ3) is 4.32. The van der Waals surface area contributed by atoms with Gasteiger partial charge in [0.25, 0.3) is 0 Å². The Bertz CT molecular complexity index is 1570. The number of rotatable bonds is 7. The van der Waals surface area contributed by atoms with Gasteiger partial charge in [-0.25, -0.2) is 13.4 Å².